The first-order chi connectivity index (χ1) is 8.08. The molecule has 0 bridgehead atoms. The monoisotopic (exact) mass is 276 g/mol. The summed E-state index contributed by atoms with van der Waals surface area (Å²) in [5.74, 6) is -0.0635. The molecule has 1 aliphatic heterocycles. The highest BCUT2D eigenvalue weighted by molar-refractivity contribution is 7.92. The van der Waals surface area contributed by atoms with Gasteiger partial charge in [-0.15, -0.1) is 0 Å². The smallest absolute Gasteiger partial charge is 0.227 e. The van der Waals surface area contributed by atoms with E-state index < -0.39 is 20.0 Å². The van der Waals surface area contributed by atoms with Crippen LogP contribution < -0.4 is 10.6 Å². The van der Waals surface area contributed by atoms with Crippen molar-refractivity contribution < 1.29 is 13.2 Å². The molecule has 0 radical (unpaired) electrons. The van der Waals surface area contributed by atoms with E-state index in [1.807, 2.05) is 6.92 Å². The molecule has 1 amide bonds. The van der Waals surface area contributed by atoms with Crippen LogP contribution in [0, 0.1) is 5.41 Å². The molecule has 1 atom stereocenters. The second kappa shape index (κ2) is 5.17. The molecule has 18 heavy (non-hydrogen) atoms. The predicted octanol–water partition coefficient (Wildman–Crippen LogP) is 0.316. The van der Waals surface area contributed by atoms with Gasteiger partial charge in [-0.25, -0.2) is 8.42 Å². The molecule has 1 saturated heterocycles. The van der Waals surface area contributed by atoms with Crippen LogP contribution in [0.2, 0.25) is 0 Å². The molecule has 1 heterocycles. The fraction of sp³-hybridized carbons (Fsp3) is 0.917. The Bertz CT molecular complexity index is 409. The summed E-state index contributed by atoms with van der Waals surface area (Å²) in [5.41, 5.74) is -0.425. The van der Waals surface area contributed by atoms with Crippen molar-refractivity contribution in [1.29, 1.82) is 0 Å². The van der Waals surface area contributed by atoms with Gasteiger partial charge in [-0.1, -0.05) is 0 Å². The molecule has 1 rings (SSSR count). The van der Waals surface area contributed by atoms with Crippen molar-refractivity contribution in [2.75, 3.05) is 25.9 Å². The number of hydrogen-bond acceptors (Lipinski definition) is 4. The van der Waals surface area contributed by atoms with E-state index in [9.17, 15) is 13.2 Å². The molecule has 1 fully saturated rings. The van der Waals surface area contributed by atoms with Crippen LogP contribution in [0.5, 0.6) is 0 Å². The lowest BCUT2D eigenvalue weighted by Gasteiger charge is -2.34. The maximum atomic E-state index is 12.1. The van der Waals surface area contributed by atoms with Crippen molar-refractivity contribution in [1.82, 2.24) is 10.6 Å². The lowest BCUT2D eigenvalue weighted by atomic mass is 9.82. The van der Waals surface area contributed by atoms with Gasteiger partial charge >= 0.3 is 0 Å². The Morgan fingerprint density at radius 2 is 2.06 bits per heavy atom. The number of nitrogens with one attached hydrogen (secondary N) is 2. The molecule has 2 N–H and O–H groups in total. The molecule has 5 nitrogen and oxygen atoms in total. The van der Waals surface area contributed by atoms with Gasteiger partial charge in [0.2, 0.25) is 5.91 Å². The predicted molar refractivity (Wildman–Crippen MR) is 72.1 cm³/mol. The summed E-state index contributed by atoms with van der Waals surface area (Å²) in [5, 5.41) is 5.99. The minimum Gasteiger partial charge on any atom is -0.354 e. The number of amides is 1. The minimum absolute atomic E-state index is 0.0635. The van der Waals surface area contributed by atoms with E-state index in [1.165, 1.54) is 6.26 Å². The van der Waals surface area contributed by atoms with Gasteiger partial charge in [0.15, 0.2) is 9.84 Å². The number of hydrogen-bond donors (Lipinski definition) is 2. The molecule has 0 aromatic heterocycles. The molecule has 0 aromatic rings. The van der Waals surface area contributed by atoms with E-state index in [2.05, 4.69) is 10.6 Å². The quantitative estimate of drug-likeness (QED) is 0.775. The van der Waals surface area contributed by atoms with Crippen LogP contribution in [0.4, 0.5) is 0 Å². The molecule has 1 unspecified atom stereocenters. The van der Waals surface area contributed by atoms with Crippen molar-refractivity contribution in [2.45, 2.75) is 38.4 Å². The van der Waals surface area contributed by atoms with Crippen LogP contribution in [0.1, 0.15) is 33.6 Å². The van der Waals surface area contributed by atoms with Gasteiger partial charge in [-0.3, -0.25) is 4.79 Å². The zero-order valence-corrected chi connectivity index (χ0v) is 12.5. The Hall–Kier alpha value is -0.620. The Morgan fingerprint density at radius 3 is 2.50 bits per heavy atom. The molecule has 0 aromatic carbocycles. The molecule has 6 heteroatoms. The Labute approximate surface area is 110 Å². The summed E-state index contributed by atoms with van der Waals surface area (Å²) in [6.07, 6.45) is 3.01. The number of carbonyl (C=O) groups is 1. The number of rotatable bonds is 4. The van der Waals surface area contributed by atoms with Gasteiger partial charge in [-0.2, -0.15) is 0 Å². The number of sulfone groups is 1. The van der Waals surface area contributed by atoms with Crippen molar-refractivity contribution in [3.05, 3.63) is 0 Å². The van der Waals surface area contributed by atoms with Crippen LogP contribution in [0.25, 0.3) is 0 Å². The van der Waals surface area contributed by atoms with Crippen LogP contribution in [-0.2, 0) is 14.6 Å². The fourth-order valence-electron chi connectivity index (χ4n) is 1.89. The second-order valence-corrected chi connectivity index (χ2v) is 8.71. The lowest BCUT2D eigenvalue weighted by molar-refractivity contribution is -0.131. The minimum atomic E-state index is -3.18. The third-order valence-corrected chi connectivity index (χ3v) is 5.98. The summed E-state index contributed by atoms with van der Waals surface area (Å²) >= 11 is 0. The van der Waals surface area contributed by atoms with E-state index in [0.29, 0.717) is 6.54 Å². The largest absolute Gasteiger partial charge is 0.354 e. The number of carbonyl (C=O) groups excluding carboxylic acids is 1. The van der Waals surface area contributed by atoms with Crippen LogP contribution >= 0.6 is 0 Å². The maximum absolute atomic E-state index is 12.1. The Kier molecular flexibility index (Phi) is 4.43. The summed E-state index contributed by atoms with van der Waals surface area (Å²) < 4.78 is 22.2. The Balaban J connectivity index is 2.61. The standard InChI is InChI=1S/C12H24N2O3S/c1-11(2,18(4,16)17)8-14-10(15)12(3)6-5-7-13-9-12/h13H,5-9H2,1-4H3,(H,14,15). The van der Waals surface area contributed by atoms with E-state index in [1.54, 1.807) is 13.8 Å². The van der Waals surface area contributed by atoms with Gasteiger partial charge < -0.3 is 10.6 Å². The number of piperidine rings is 1. The summed E-state index contributed by atoms with van der Waals surface area (Å²) in [6, 6.07) is 0. The molecule has 106 valence electrons. The summed E-state index contributed by atoms with van der Waals surface area (Å²) in [6.45, 7) is 6.92. The molecular formula is C12H24N2O3S. The highest BCUT2D eigenvalue weighted by Gasteiger charge is 2.37. The van der Waals surface area contributed by atoms with Crippen LogP contribution in [0.3, 0.4) is 0 Å². The summed E-state index contributed by atoms with van der Waals surface area (Å²) in [4.78, 5) is 12.1. The topological polar surface area (TPSA) is 75.3 Å². The maximum Gasteiger partial charge on any atom is 0.227 e. The van der Waals surface area contributed by atoms with Gasteiger partial charge in [0.1, 0.15) is 0 Å². The molecule has 1 aliphatic rings. The zero-order chi connectivity index (χ0) is 14.0. The van der Waals surface area contributed by atoms with Gasteiger partial charge in [0, 0.05) is 19.3 Å². The average Bonchev–Trinajstić information content (AvgIpc) is 2.25. The van der Waals surface area contributed by atoms with Gasteiger partial charge in [-0.05, 0) is 40.2 Å². The average molecular weight is 276 g/mol. The third-order valence-electron chi connectivity index (χ3n) is 3.82. The zero-order valence-electron chi connectivity index (χ0n) is 11.7. The van der Waals surface area contributed by atoms with Crippen molar-refractivity contribution in [2.24, 2.45) is 5.41 Å². The fourth-order valence-corrected chi connectivity index (χ4v) is 2.22. The SMILES string of the molecule is CC1(C(=O)NCC(C)(C)S(C)(=O)=O)CCCNC1. The van der Waals surface area contributed by atoms with Crippen LogP contribution in [-0.4, -0.2) is 45.0 Å². The van der Waals surface area contributed by atoms with Crippen LogP contribution in [0.15, 0.2) is 0 Å². The van der Waals surface area contributed by atoms with Crippen molar-refractivity contribution in [3.8, 4) is 0 Å². The first-order valence-electron chi connectivity index (χ1n) is 6.27. The molecular weight excluding hydrogens is 252 g/mol. The van der Waals surface area contributed by atoms with Gasteiger partial charge in [0.25, 0.3) is 0 Å². The van der Waals surface area contributed by atoms with Gasteiger partial charge in [0.05, 0.1) is 10.2 Å². The lowest BCUT2D eigenvalue weighted by Crippen LogP contribution is -2.52. The second-order valence-electron chi connectivity index (χ2n) is 6.06. The highest BCUT2D eigenvalue weighted by Crippen LogP contribution is 2.25. The van der Waals surface area contributed by atoms with E-state index >= 15 is 0 Å². The van der Waals surface area contributed by atoms with E-state index in [-0.39, 0.29) is 12.5 Å². The first kappa shape index (κ1) is 15.4. The first-order valence-corrected chi connectivity index (χ1v) is 8.16. The molecule has 0 saturated carbocycles. The summed E-state index contributed by atoms with van der Waals surface area (Å²) in [7, 11) is -3.18. The normalized spacial score (nSPS) is 25.8. The van der Waals surface area contributed by atoms with Crippen molar-refractivity contribution in [3.63, 3.8) is 0 Å². The molecule has 0 spiro atoms. The third kappa shape index (κ3) is 3.45. The molecule has 0 aliphatic carbocycles. The Morgan fingerprint density at radius 1 is 1.44 bits per heavy atom. The van der Waals surface area contributed by atoms with E-state index in [0.717, 1.165) is 19.4 Å². The van der Waals surface area contributed by atoms with Crippen molar-refractivity contribution >= 4 is 15.7 Å². The highest BCUT2D eigenvalue weighted by atomic mass is 32.2. The van der Waals surface area contributed by atoms with E-state index in [4.69, 9.17) is 0 Å².